The van der Waals surface area contributed by atoms with Crippen molar-refractivity contribution in [2.75, 3.05) is 6.54 Å². The van der Waals surface area contributed by atoms with Crippen molar-refractivity contribution in [2.45, 2.75) is 32.5 Å². The molecule has 1 aliphatic rings. The van der Waals surface area contributed by atoms with Gasteiger partial charge < -0.3 is 4.90 Å². The number of amides is 1. The highest BCUT2D eigenvalue weighted by Gasteiger charge is 2.34. The van der Waals surface area contributed by atoms with Gasteiger partial charge in [0.05, 0.1) is 6.04 Å². The lowest BCUT2D eigenvalue weighted by Gasteiger charge is -2.40. The Kier molecular flexibility index (Phi) is 4.46. The van der Waals surface area contributed by atoms with Crippen LogP contribution in [0.5, 0.6) is 0 Å². The molecule has 7 heteroatoms. The van der Waals surface area contributed by atoms with Gasteiger partial charge in [-0.15, -0.1) is 16.4 Å². The van der Waals surface area contributed by atoms with Crippen molar-refractivity contribution in [3.8, 4) is 11.4 Å². The van der Waals surface area contributed by atoms with E-state index in [9.17, 15) is 9.59 Å². The summed E-state index contributed by atoms with van der Waals surface area (Å²) in [6.07, 6.45) is 0.972. The number of likely N-dealkylation sites (tertiary alicyclic amines) is 1. The van der Waals surface area contributed by atoms with Crippen molar-refractivity contribution in [3.05, 3.63) is 63.2 Å². The molecule has 1 saturated heterocycles. The van der Waals surface area contributed by atoms with E-state index in [0.29, 0.717) is 12.4 Å². The van der Waals surface area contributed by atoms with Crippen LogP contribution < -0.4 is 5.69 Å². The minimum absolute atomic E-state index is 0.0203. The molecule has 1 amide bonds. The number of hydrogen-bond donors (Lipinski definition) is 0. The third-order valence-electron chi connectivity index (χ3n) is 4.77. The summed E-state index contributed by atoms with van der Waals surface area (Å²) in [4.78, 5) is 28.4. The van der Waals surface area contributed by atoms with Gasteiger partial charge in [-0.2, -0.15) is 0 Å². The molecule has 2 aromatic heterocycles. The maximum Gasteiger partial charge on any atom is 0.346 e. The van der Waals surface area contributed by atoms with E-state index in [1.807, 2.05) is 53.6 Å². The van der Waals surface area contributed by atoms with E-state index in [-0.39, 0.29) is 24.2 Å². The van der Waals surface area contributed by atoms with Crippen LogP contribution in [0.15, 0.2) is 52.6 Å². The normalized spacial score (nSPS) is 16.5. The molecule has 0 bridgehead atoms. The Morgan fingerprint density at radius 3 is 2.65 bits per heavy atom. The van der Waals surface area contributed by atoms with Crippen LogP contribution in [-0.2, 0) is 17.9 Å². The highest BCUT2D eigenvalue weighted by atomic mass is 32.1. The van der Waals surface area contributed by atoms with Crippen molar-refractivity contribution in [3.63, 3.8) is 0 Å². The first-order chi connectivity index (χ1) is 12.7. The van der Waals surface area contributed by atoms with Crippen LogP contribution in [-0.4, -0.2) is 31.7 Å². The van der Waals surface area contributed by atoms with Crippen LogP contribution in [0.3, 0.4) is 0 Å². The van der Waals surface area contributed by atoms with E-state index in [1.165, 1.54) is 9.56 Å². The van der Waals surface area contributed by atoms with E-state index in [0.717, 1.165) is 18.5 Å². The van der Waals surface area contributed by atoms with Crippen molar-refractivity contribution >= 4 is 17.2 Å². The van der Waals surface area contributed by atoms with Crippen LogP contribution >= 0.6 is 11.3 Å². The first-order valence-electron chi connectivity index (χ1n) is 8.75. The first kappa shape index (κ1) is 16.8. The Morgan fingerprint density at radius 2 is 2.04 bits per heavy atom. The van der Waals surface area contributed by atoms with Gasteiger partial charge in [0, 0.05) is 23.5 Å². The van der Waals surface area contributed by atoms with Crippen LogP contribution in [0.4, 0.5) is 0 Å². The Bertz CT molecular complexity index is 959. The summed E-state index contributed by atoms with van der Waals surface area (Å²) in [5.74, 6) is 0.543. The lowest BCUT2D eigenvalue weighted by Crippen LogP contribution is -2.47. The Labute approximate surface area is 155 Å². The van der Waals surface area contributed by atoms with Gasteiger partial charge in [0.2, 0.25) is 5.91 Å². The number of aromatic nitrogens is 3. The van der Waals surface area contributed by atoms with E-state index in [4.69, 9.17) is 0 Å². The van der Waals surface area contributed by atoms with Crippen LogP contribution in [0, 0.1) is 0 Å². The van der Waals surface area contributed by atoms with Gasteiger partial charge in [-0.05, 0) is 24.8 Å². The summed E-state index contributed by atoms with van der Waals surface area (Å²) < 4.78 is 2.90. The highest BCUT2D eigenvalue weighted by Crippen LogP contribution is 2.35. The summed E-state index contributed by atoms with van der Waals surface area (Å²) in [5.41, 5.74) is 0.631. The number of rotatable bonds is 5. The smallest absolute Gasteiger partial charge is 0.333 e. The van der Waals surface area contributed by atoms with Gasteiger partial charge in [0.1, 0.15) is 6.54 Å². The molecular formula is C19H20N4O2S. The van der Waals surface area contributed by atoms with Crippen molar-refractivity contribution < 1.29 is 4.79 Å². The second-order valence-electron chi connectivity index (χ2n) is 6.28. The predicted molar refractivity (Wildman–Crippen MR) is 101 cm³/mol. The number of hydrogen-bond acceptors (Lipinski definition) is 4. The maximum atomic E-state index is 12.7. The topological polar surface area (TPSA) is 60.1 Å². The molecule has 6 nitrogen and oxygen atoms in total. The number of thiophene rings is 1. The monoisotopic (exact) mass is 368 g/mol. The molecule has 0 radical (unpaired) electrons. The van der Waals surface area contributed by atoms with Gasteiger partial charge in [0.25, 0.3) is 0 Å². The minimum atomic E-state index is -0.243. The third kappa shape index (κ3) is 2.88. The van der Waals surface area contributed by atoms with Crippen molar-refractivity contribution in [2.24, 2.45) is 0 Å². The Hall–Kier alpha value is -2.67. The van der Waals surface area contributed by atoms with Gasteiger partial charge in [-0.3, -0.25) is 9.36 Å². The fraction of sp³-hybridized carbons (Fsp3) is 0.316. The van der Waals surface area contributed by atoms with Gasteiger partial charge >= 0.3 is 5.69 Å². The van der Waals surface area contributed by atoms with E-state index in [1.54, 1.807) is 15.9 Å². The molecule has 1 aliphatic heterocycles. The summed E-state index contributed by atoms with van der Waals surface area (Å²) in [6, 6.07) is 13.8. The van der Waals surface area contributed by atoms with Gasteiger partial charge in [0.15, 0.2) is 5.82 Å². The molecule has 0 aliphatic carbocycles. The molecule has 1 atom stereocenters. The van der Waals surface area contributed by atoms with Gasteiger partial charge in [-0.25, -0.2) is 9.48 Å². The highest BCUT2D eigenvalue weighted by molar-refractivity contribution is 7.10. The average molecular weight is 368 g/mol. The number of benzene rings is 1. The predicted octanol–water partition coefficient (Wildman–Crippen LogP) is 2.77. The Balaban J connectivity index is 1.58. The van der Waals surface area contributed by atoms with Crippen LogP contribution in [0.1, 0.15) is 24.3 Å². The van der Waals surface area contributed by atoms with Crippen molar-refractivity contribution in [1.29, 1.82) is 0 Å². The molecule has 26 heavy (non-hydrogen) atoms. The molecule has 0 spiro atoms. The first-order valence-corrected chi connectivity index (χ1v) is 9.63. The molecule has 134 valence electrons. The van der Waals surface area contributed by atoms with E-state index >= 15 is 0 Å². The molecule has 0 N–H and O–H groups in total. The maximum absolute atomic E-state index is 12.7. The summed E-state index contributed by atoms with van der Waals surface area (Å²) in [5, 5.41) is 6.47. The number of carbonyl (C=O) groups excluding carboxylic acids is 1. The average Bonchev–Trinajstić information content (AvgIpc) is 3.23. The lowest BCUT2D eigenvalue weighted by molar-refractivity contribution is -0.140. The molecule has 4 rings (SSSR count). The zero-order chi connectivity index (χ0) is 18.1. The SMILES string of the molecule is CCn1c(-c2ccccc2)nn(CC(=O)N2CC[C@@H]2c2cccs2)c1=O. The summed E-state index contributed by atoms with van der Waals surface area (Å²) >= 11 is 1.66. The summed E-state index contributed by atoms with van der Waals surface area (Å²) in [7, 11) is 0. The molecule has 0 saturated carbocycles. The fourth-order valence-corrected chi connectivity index (χ4v) is 4.18. The second-order valence-corrected chi connectivity index (χ2v) is 7.26. The standard InChI is InChI=1S/C19H20N4O2S/c1-2-21-18(14-7-4-3-5-8-14)20-23(19(21)25)13-17(24)22-11-10-15(22)16-9-6-12-26-16/h3-9,12,15H,2,10-11,13H2,1H3/t15-/m1/s1. The third-order valence-corrected chi connectivity index (χ3v) is 5.74. The zero-order valence-corrected chi connectivity index (χ0v) is 15.4. The minimum Gasteiger partial charge on any atom is -0.333 e. The molecule has 1 aromatic carbocycles. The zero-order valence-electron chi connectivity index (χ0n) is 14.5. The lowest BCUT2D eigenvalue weighted by atomic mass is 10.0. The number of carbonyl (C=O) groups is 1. The molecular weight excluding hydrogens is 348 g/mol. The van der Waals surface area contributed by atoms with E-state index < -0.39 is 0 Å². The summed E-state index contributed by atoms with van der Waals surface area (Å²) in [6.45, 7) is 3.13. The quantitative estimate of drug-likeness (QED) is 0.696. The largest absolute Gasteiger partial charge is 0.346 e. The second kappa shape index (κ2) is 6.92. The molecule has 1 fully saturated rings. The number of nitrogens with zero attached hydrogens (tertiary/aromatic N) is 4. The molecule has 3 aromatic rings. The van der Waals surface area contributed by atoms with Gasteiger partial charge in [-0.1, -0.05) is 36.4 Å². The van der Waals surface area contributed by atoms with E-state index in [2.05, 4.69) is 11.2 Å². The molecule has 0 unspecified atom stereocenters. The van der Waals surface area contributed by atoms with Crippen LogP contribution in [0.25, 0.3) is 11.4 Å². The molecule has 3 heterocycles. The fourth-order valence-electron chi connectivity index (χ4n) is 3.31. The van der Waals surface area contributed by atoms with Crippen molar-refractivity contribution in [1.82, 2.24) is 19.2 Å². The Morgan fingerprint density at radius 1 is 1.23 bits per heavy atom. The van der Waals surface area contributed by atoms with Crippen LogP contribution in [0.2, 0.25) is 0 Å².